The lowest BCUT2D eigenvalue weighted by Crippen LogP contribution is -2.18. The molecule has 2 heteroatoms. The van der Waals surface area contributed by atoms with Crippen LogP contribution in [0.2, 0.25) is 0 Å². The van der Waals surface area contributed by atoms with E-state index in [9.17, 15) is 0 Å². The maximum Gasteiger partial charge on any atom is -0.00179 e. The van der Waals surface area contributed by atoms with Crippen molar-refractivity contribution in [1.82, 2.24) is 0 Å². The molecule has 94 valence electrons. The van der Waals surface area contributed by atoms with E-state index in [1.165, 1.54) is 9.73 Å². The minimum absolute atomic E-state index is 0.168. The van der Waals surface area contributed by atoms with Crippen LogP contribution in [-0.2, 0) is 0 Å². The summed E-state index contributed by atoms with van der Waals surface area (Å²) in [6, 6.07) is 0. The Morgan fingerprint density at radius 3 is 1.75 bits per heavy atom. The molecule has 16 heavy (non-hydrogen) atoms. The normalized spacial score (nSPS) is 12.6. The fraction of sp³-hybridized carbons (Fsp3) is 0.857. The molecule has 0 bridgehead atoms. The zero-order valence-corrected chi connectivity index (χ0v) is 13.3. The Hall–Kier alpha value is 0.180. The molecule has 0 aromatic rings. The SMILES string of the molecule is CC(C)(C)CC(=S)CCCC(=S)C(C)(C)C. The van der Waals surface area contributed by atoms with E-state index in [2.05, 4.69) is 41.5 Å². The second-order valence-electron chi connectivity index (χ2n) is 6.80. The van der Waals surface area contributed by atoms with Crippen LogP contribution in [0.4, 0.5) is 0 Å². The van der Waals surface area contributed by atoms with Crippen LogP contribution in [-0.4, -0.2) is 9.73 Å². The first-order valence-electron chi connectivity index (χ1n) is 6.07. The van der Waals surface area contributed by atoms with Crippen LogP contribution in [0.25, 0.3) is 0 Å². The lowest BCUT2D eigenvalue weighted by molar-refractivity contribution is 0.433. The number of hydrogen-bond acceptors (Lipinski definition) is 2. The van der Waals surface area contributed by atoms with Crippen molar-refractivity contribution in [1.29, 1.82) is 0 Å². The second-order valence-corrected chi connectivity index (χ2v) is 7.87. The molecular weight excluding hydrogens is 232 g/mol. The van der Waals surface area contributed by atoms with Crippen LogP contribution < -0.4 is 0 Å². The van der Waals surface area contributed by atoms with Crippen LogP contribution in [0, 0.1) is 10.8 Å². The van der Waals surface area contributed by atoms with Crippen molar-refractivity contribution in [3.8, 4) is 0 Å². The first kappa shape index (κ1) is 16.2. The summed E-state index contributed by atoms with van der Waals surface area (Å²) < 4.78 is 0. The summed E-state index contributed by atoms with van der Waals surface area (Å²) >= 11 is 10.8. The molecule has 0 aliphatic carbocycles. The van der Waals surface area contributed by atoms with E-state index in [4.69, 9.17) is 24.4 Å². The van der Waals surface area contributed by atoms with E-state index in [0.29, 0.717) is 5.41 Å². The van der Waals surface area contributed by atoms with E-state index in [-0.39, 0.29) is 5.41 Å². The number of rotatable bonds is 5. The maximum atomic E-state index is 5.41. The summed E-state index contributed by atoms with van der Waals surface area (Å²) in [6.45, 7) is 13.3. The molecule has 0 atom stereocenters. The van der Waals surface area contributed by atoms with Gasteiger partial charge < -0.3 is 0 Å². The smallest absolute Gasteiger partial charge is 0.00179 e. The van der Waals surface area contributed by atoms with Crippen LogP contribution in [0.3, 0.4) is 0 Å². The first-order valence-corrected chi connectivity index (χ1v) is 6.89. The van der Waals surface area contributed by atoms with Crippen molar-refractivity contribution in [3.05, 3.63) is 0 Å². The molecule has 0 aliphatic heterocycles. The summed E-state index contributed by atoms with van der Waals surface area (Å²) in [4.78, 5) is 2.37. The van der Waals surface area contributed by atoms with E-state index in [1.807, 2.05) is 0 Å². The van der Waals surface area contributed by atoms with Crippen LogP contribution >= 0.6 is 24.4 Å². The summed E-state index contributed by atoms with van der Waals surface area (Å²) in [5, 5.41) is 0. The molecule has 0 fully saturated rings. The van der Waals surface area contributed by atoms with E-state index >= 15 is 0 Å². The van der Waals surface area contributed by atoms with Crippen molar-refractivity contribution in [2.75, 3.05) is 0 Å². The van der Waals surface area contributed by atoms with Gasteiger partial charge in [-0.2, -0.15) is 0 Å². The second kappa shape index (κ2) is 6.20. The monoisotopic (exact) mass is 258 g/mol. The Labute approximate surface area is 112 Å². The highest BCUT2D eigenvalue weighted by Gasteiger charge is 2.17. The van der Waals surface area contributed by atoms with Crippen LogP contribution in [0.15, 0.2) is 0 Å². The Balaban J connectivity index is 3.84. The van der Waals surface area contributed by atoms with Gasteiger partial charge in [-0.3, -0.25) is 0 Å². The Bertz CT molecular complexity index is 251. The molecule has 0 radical (unpaired) electrons. The lowest BCUT2D eigenvalue weighted by atomic mass is 9.87. The van der Waals surface area contributed by atoms with Gasteiger partial charge >= 0.3 is 0 Å². The zero-order valence-electron chi connectivity index (χ0n) is 11.6. The standard InChI is InChI=1S/C14H26S2/c1-13(2,3)10-11(15)8-7-9-12(16)14(4,5)6/h7-10H2,1-6H3. The minimum atomic E-state index is 0.168. The molecule has 0 unspecified atom stereocenters. The van der Waals surface area contributed by atoms with Gasteiger partial charge in [0.05, 0.1) is 0 Å². The highest BCUT2D eigenvalue weighted by Crippen LogP contribution is 2.23. The van der Waals surface area contributed by atoms with Gasteiger partial charge in [-0.15, -0.1) is 0 Å². The molecule has 0 heterocycles. The summed E-state index contributed by atoms with van der Waals surface area (Å²) in [5.74, 6) is 0. The van der Waals surface area contributed by atoms with E-state index < -0.39 is 0 Å². The lowest BCUT2D eigenvalue weighted by Gasteiger charge is -2.21. The third-order valence-corrected chi connectivity index (χ3v) is 3.59. The molecule has 0 N–H and O–H groups in total. The predicted molar refractivity (Wildman–Crippen MR) is 82.6 cm³/mol. The zero-order chi connectivity index (χ0) is 13.0. The molecule has 0 aliphatic rings. The van der Waals surface area contributed by atoms with E-state index in [0.717, 1.165) is 25.7 Å². The van der Waals surface area contributed by atoms with Gasteiger partial charge in [0.25, 0.3) is 0 Å². The summed E-state index contributed by atoms with van der Waals surface area (Å²) in [6.07, 6.45) is 4.24. The summed E-state index contributed by atoms with van der Waals surface area (Å²) in [5.41, 5.74) is 0.489. The Kier molecular flexibility index (Phi) is 6.27. The largest absolute Gasteiger partial charge is 0.0897 e. The molecular formula is C14H26S2. The number of hydrogen-bond donors (Lipinski definition) is 0. The Morgan fingerprint density at radius 2 is 1.38 bits per heavy atom. The average molecular weight is 258 g/mol. The fourth-order valence-corrected chi connectivity index (χ4v) is 2.22. The van der Waals surface area contributed by atoms with Gasteiger partial charge in [-0.05, 0) is 46.2 Å². The Morgan fingerprint density at radius 1 is 0.875 bits per heavy atom. The van der Waals surface area contributed by atoms with Crippen molar-refractivity contribution >= 4 is 34.2 Å². The van der Waals surface area contributed by atoms with Crippen molar-refractivity contribution in [2.24, 2.45) is 10.8 Å². The fourth-order valence-electron chi connectivity index (χ4n) is 1.50. The first-order chi connectivity index (χ1) is 7.02. The van der Waals surface area contributed by atoms with Gasteiger partial charge in [0.2, 0.25) is 0 Å². The molecule has 0 saturated heterocycles. The third-order valence-electron chi connectivity index (χ3n) is 2.42. The van der Waals surface area contributed by atoms with Gasteiger partial charge in [-0.25, -0.2) is 0 Å². The summed E-state index contributed by atoms with van der Waals surface area (Å²) in [7, 11) is 0. The molecule has 0 aromatic heterocycles. The minimum Gasteiger partial charge on any atom is -0.0897 e. The molecule has 0 amide bonds. The number of thiocarbonyl (C=S) groups is 2. The van der Waals surface area contributed by atoms with Crippen molar-refractivity contribution < 1.29 is 0 Å². The highest BCUT2D eigenvalue weighted by atomic mass is 32.1. The maximum absolute atomic E-state index is 5.41. The molecule has 0 spiro atoms. The molecule has 0 nitrogen and oxygen atoms in total. The van der Waals surface area contributed by atoms with Crippen molar-refractivity contribution in [2.45, 2.75) is 67.2 Å². The predicted octanol–water partition coefficient (Wildman–Crippen LogP) is 5.38. The van der Waals surface area contributed by atoms with Gasteiger partial charge in [-0.1, -0.05) is 66.0 Å². The topological polar surface area (TPSA) is 0 Å². The van der Waals surface area contributed by atoms with Crippen LogP contribution in [0.5, 0.6) is 0 Å². The van der Waals surface area contributed by atoms with Crippen LogP contribution in [0.1, 0.15) is 67.2 Å². The highest BCUT2D eigenvalue weighted by molar-refractivity contribution is 7.80. The van der Waals surface area contributed by atoms with Gasteiger partial charge in [0.1, 0.15) is 0 Å². The molecule has 0 aromatic carbocycles. The average Bonchev–Trinajstić information content (AvgIpc) is 1.98. The van der Waals surface area contributed by atoms with Gasteiger partial charge in [0, 0.05) is 0 Å². The van der Waals surface area contributed by atoms with E-state index in [1.54, 1.807) is 0 Å². The van der Waals surface area contributed by atoms with Crippen molar-refractivity contribution in [3.63, 3.8) is 0 Å². The molecule has 0 rings (SSSR count). The van der Waals surface area contributed by atoms with Gasteiger partial charge in [0.15, 0.2) is 0 Å². The third kappa shape index (κ3) is 8.35. The molecule has 0 saturated carbocycles. The quantitative estimate of drug-likeness (QED) is 0.607.